The van der Waals surface area contributed by atoms with E-state index >= 15 is 0 Å². The smallest absolute Gasteiger partial charge is 0.130 e. The number of fused-ring (bicyclic) bond motifs is 4. The van der Waals surface area contributed by atoms with Gasteiger partial charge in [0.25, 0.3) is 0 Å². The van der Waals surface area contributed by atoms with E-state index in [1.807, 2.05) is 102 Å². The van der Waals surface area contributed by atoms with Crippen LogP contribution in [0.1, 0.15) is 11.6 Å². The molecule has 0 spiro atoms. The summed E-state index contributed by atoms with van der Waals surface area (Å²) in [5, 5.41) is 17.2. The molecule has 0 aliphatic rings. The summed E-state index contributed by atoms with van der Waals surface area (Å²) in [5.74, 6) is 1.75. The predicted molar refractivity (Wildman–Crippen MR) is 145 cm³/mol. The van der Waals surface area contributed by atoms with Crippen LogP contribution in [0.3, 0.4) is 0 Å². The predicted octanol–water partition coefficient (Wildman–Crippen LogP) is 4.71. The van der Waals surface area contributed by atoms with E-state index in [-0.39, 0.29) is 0 Å². The molecule has 8 aromatic rings. The topological polar surface area (TPSA) is 119 Å². The van der Waals surface area contributed by atoms with Crippen molar-refractivity contribution >= 4 is 44.1 Å². The third-order valence-electron chi connectivity index (χ3n) is 6.22. The lowest BCUT2D eigenvalue weighted by Gasteiger charge is -1.98. The highest BCUT2D eigenvalue weighted by Gasteiger charge is 2.08. The molecule has 0 radical (unpaired) electrons. The highest BCUT2D eigenvalue weighted by atomic mass is 15.5. The second-order valence-electron chi connectivity index (χ2n) is 8.86. The maximum atomic E-state index is 4.55. The molecular formula is C28H22N10. The molecule has 0 amide bonds. The summed E-state index contributed by atoms with van der Waals surface area (Å²) >= 11 is 0. The molecule has 2 N–H and O–H groups in total. The molecule has 0 unspecified atom stereocenters. The summed E-state index contributed by atoms with van der Waals surface area (Å²) in [7, 11) is 0. The SMILES string of the molecule is c1ccc2[nH]c(Cn3nnc4ccccc43)nc2c1.c1ccc2nn(Cc3nc4ccccc4[nH]3)nc2c1. The average molecular weight is 499 g/mol. The van der Waals surface area contributed by atoms with Crippen LogP contribution in [0.2, 0.25) is 0 Å². The maximum absolute atomic E-state index is 4.55. The van der Waals surface area contributed by atoms with E-state index in [4.69, 9.17) is 0 Å². The summed E-state index contributed by atoms with van der Waals surface area (Å²) in [5.41, 5.74) is 7.74. The highest BCUT2D eigenvalue weighted by Crippen LogP contribution is 2.15. The zero-order valence-corrected chi connectivity index (χ0v) is 20.2. The molecule has 38 heavy (non-hydrogen) atoms. The van der Waals surface area contributed by atoms with E-state index in [0.717, 1.165) is 55.8 Å². The Balaban J connectivity index is 0.000000127. The van der Waals surface area contributed by atoms with Crippen LogP contribution in [-0.2, 0) is 13.1 Å². The Hall–Kier alpha value is -5.38. The Morgan fingerprint density at radius 2 is 1.03 bits per heavy atom. The molecule has 0 atom stereocenters. The van der Waals surface area contributed by atoms with E-state index in [0.29, 0.717) is 13.1 Å². The molecule has 8 rings (SSSR count). The van der Waals surface area contributed by atoms with Crippen molar-refractivity contribution in [3.8, 4) is 0 Å². The van der Waals surface area contributed by atoms with Gasteiger partial charge >= 0.3 is 0 Å². The number of hydrogen-bond acceptors (Lipinski definition) is 6. The molecule has 4 heterocycles. The number of imidazole rings is 2. The van der Waals surface area contributed by atoms with Crippen molar-refractivity contribution in [3.05, 3.63) is 109 Å². The van der Waals surface area contributed by atoms with Crippen LogP contribution in [0, 0.1) is 0 Å². The minimum absolute atomic E-state index is 0.545. The summed E-state index contributed by atoms with van der Waals surface area (Å²) in [6.45, 7) is 1.14. The lowest BCUT2D eigenvalue weighted by molar-refractivity contribution is 0.584. The second kappa shape index (κ2) is 9.25. The van der Waals surface area contributed by atoms with Gasteiger partial charge in [0.2, 0.25) is 0 Å². The first-order valence-corrected chi connectivity index (χ1v) is 12.2. The number of rotatable bonds is 4. The van der Waals surface area contributed by atoms with Crippen LogP contribution in [0.25, 0.3) is 44.1 Å². The van der Waals surface area contributed by atoms with Crippen LogP contribution in [-0.4, -0.2) is 49.9 Å². The van der Waals surface area contributed by atoms with Gasteiger partial charge in [-0.25, -0.2) is 14.6 Å². The number of para-hydroxylation sites is 5. The molecule has 0 fully saturated rings. The maximum Gasteiger partial charge on any atom is 0.130 e. The number of hydrogen-bond donors (Lipinski definition) is 2. The van der Waals surface area contributed by atoms with Gasteiger partial charge in [-0.1, -0.05) is 53.7 Å². The second-order valence-corrected chi connectivity index (χ2v) is 8.86. The normalized spacial score (nSPS) is 11.4. The summed E-state index contributed by atoms with van der Waals surface area (Å²) in [4.78, 5) is 17.3. The van der Waals surface area contributed by atoms with Crippen molar-refractivity contribution in [1.82, 2.24) is 49.9 Å². The van der Waals surface area contributed by atoms with Crippen LogP contribution < -0.4 is 0 Å². The third kappa shape index (κ3) is 4.24. The Labute approximate surface area is 216 Å². The Bertz CT molecular complexity index is 1830. The van der Waals surface area contributed by atoms with Gasteiger partial charge in [-0.3, -0.25) is 0 Å². The Morgan fingerprint density at radius 1 is 0.526 bits per heavy atom. The fourth-order valence-electron chi connectivity index (χ4n) is 4.45. The number of aromatic amines is 2. The van der Waals surface area contributed by atoms with E-state index in [1.165, 1.54) is 0 Å². The highest BCUT2D eigenvalue weighted by molar-refractivity contribution is 5.76. The van der Waals surface area contributed by atoms with Crippen molar-refractivity contribution in [3.63, 3.8) is 0 Å². The lowest BCUT2D eigenvalue weighted by atomic mass is 10.3. The van der Waals surface area contributed by atoms with Crippen LogP contribution in [0.5, 0.6) is 0 Å². The summed E-state index contributed by atoms with van der Waals surface area (Å²) < 4.78 is 1.85. The van der Waals surface area contributed by atoms with E-state index in [1.54, 1.807) is 4.80 Å². The number of benzene rings is 4. The van der Waals surface area contributed by atoms with Crippen molar-refractivity contribution < 1.29 is 0 Å². The summed E-state index contributed by atoms with van der Waals surface area (Å²) in [6.07, 6.45) is 0. The molecule has 10 heteroatoms. The van der Waals surface area contributed by atoms with Gasteiger partial charge in [0, 0.05) is 0 Å². The van der Waals surface area contributed by atoms with Gasteiger partial charge in [-0.05, 0) is 48.5 Å². The van der Waals surface area contributed by atoms with E-state index in [9.17, 15) is 0 Å². The van der Waals surface area contributed by atoms with Gasteiger partial charge in [-0.15, -0.1) is 5.10 Å². The lowest BCUT2D eigenvalue weighted by Crippen LogP contribution is -2.04. The minimum atomic E-state index is 0.545. The van der Waals surface area contributed by atoms with Crippen LogP contribution in [0.4, 0.5) is 0 Å². The first kappa shape index (κ1) is 21.9. The number of H-pyrrole nitrogens is 2. The van der Waals surface area contributed by atoms with Crippen molar-refractivity contribution in [2.24, 2.45) is 0 Å². The monoisotopic (exact) mass is 498 g/mol. The Morgan fingerprint density at radius 3 is 1.63 bits per heavy atom. The van der Waals surface area contributed by atoms with Gasteiger partial charge in [0.15, 0.2) is 0 Å². The van der Waals surface area contributed by atoms with E-state index in [2.05, 4.69) is 40.4 Å². The van der Waals surface area contributed by atoms with Gasteiger partial charge < -0.3 is 9.97 Å². The third-order valence-corrected chi connectivity index (χ3v) is 6.22. The molecule has 184 valence electrons. The van der Waals surface area contributed by atoms with Crippen molar-refractivity contribution in [1.29, 1.82) is 0 Å². The summed E-state index contributed by atoms with van der Waals surface area (Å²) in [6, 6.07) is 31.7. The van der Waals surface area contributed by atoms with Gasteiger partial charge in [-0.2, -0.15) is 15.0 Å². The molecule has 4 aromatic carbocycles. The average Bonchev–Trinajstić information content (AvgIpc) is 3.73. The molecule has 0 bridgehead atoms. The van der Waals surface area contributed by atoms with Gasteiger partial charge in [0.05, 0.1) is 27.6 Å². The van der Waals surface area contributed by atoms with Gasteiger partial charge in [0.1, 0.15) is 41.3 Å². The van der Waals surface area contributed by atoms with Crippen molar-refractivity contribution in [2.45, 2.75) is 13.1 Å². The number of nitrogens with one attached hydrogen (secondary N) is 2. The molecule has 4 aromatic heterocycles. The zero-order valence-electron chi connectivity index (χ0n) is 20.2. The molecule has 0 aliphatic carbocycles. The first-order valence-electron chi connectivity index (χ1n) is 12.2. The largest absolute Gasteiger partial charge is 0.340 e. The fourth-order valence-corrected chi connectivity index (χ4v) is 4.45. The molecule has 10 nitrogen and oxygen atoms in total. The van der Waals surface area contributed by atoms with E-state index < -0.39 is 0 Å². The Kier molecular flexibility index (Phi) is 5.32. The van der Waals surface area contributed by atoms with Crippen molar-refractivity contribution in [2.75, 3.05) is 0 Å². The molecule has 0 saturated heterocycles. The first-order chi connectivity index (χ1) is 18.8. The number of nitrogens with zero attached hydrogens (tertiary/aromatic N) is 8. The zero-order chi connectivity index (χ0) is 25.3. The molecule has 0 aliphatic heterocycles. The minimum Gasteiger partial charge on any atom is -0.340 e. The number of aromatic nitrogens is 10. The van der Waals surface area contributed by atoms with Crippen LogP contribution in [0.15, 0.2) is 97.1 Å². The molecule has 0 saturated carbocycles. The standard InChI is InChI=1S/2C14H11N5/c1-2-6-11-10(5-1)15-14(16-11)9-19-13-8-4-3-7-12(13)17-18-19;1-2-6-11-10(5-1)15-14(16-11)9-19-17-12-7-3-4-8-13(12)18-19/h2*1-8H,9H2,(H,15,16). The molecular weight excluding hydrogens is 476 g/mol. The fraction of sp³-hybridized carbons (Fsp3) is 0.0714. The van der Waals surface area contributed by atoms with Crippen LogP contribution >= 0.6 is 0 Å². The quantitative estimate of drug-likeness (QED) is 0.363.